The number of benzene rings is 2. The monoisotopic (exact) mass is 363 g/mol. The van der Waals surface area contributed by atoms with Crippen molar-refractivity contribution in [1.29, 1.82) is 0 Å². The van der Waals surface area contributed by atoms with Crippen LogP contribution in [0.15, 0.2) is 48.5 Å². The maximum Gasteiger partial charge on any atom is 0.387 e. The largest absolute Gasteiger partial charge is 0.491 e. The van der Waals surface area contributed by atoms with Crippen LogP contribution in [0.25, 0.3) is 0 Å². The first-order chi connectivity index (χ1) is 12.6. The van der Waals surface area contributed by atoms with Crippen LogP contribution in [-0.4, -0.2) is 31.8 Å². The Morgan fingerprint density at radius 2 is 2.00 bits per heavy atom. The first-order valence-corrected chi connectivity index (χ1v) is 8.31. The molecule has 0 bridgehead atoms. The highest BCUT2D eigenvalue weighted by atomic mass is 19.3. The summed E-state index contributed by atoms with van der Waals surface area (Å²) in [4.78, 5) is 12.3. The maximum absolute atomic E-state index is 12.3. The summed E-state index contributed by atoms with van der Waals surface area (Å²) in [7, 11) is 0. The number of ether oxygens (including phenoxy) is 3. The summed E-state index contributed by atoms with van der Waals surface area (Å²) in [5, 5.41) is 2.70. The van der Waals surface area contributed by atoms with Gasteiger partial charge in [-0.15, -0.1) is 0 Å². The Labute approximate surface area is 149 Å². The number of alkyl halides is 2. The van der Waals surface area contributed by atoms with Crippen LogP contribution in [0.4, 0.5) is 14.5 Å². The third-order valence-electron chi connectivity index (χ3n) is 3.89. The standard InChI is InChI=1S/C19H19F2NO4/c20-19(21)26-15-8-6-14(7-9-15)22-18(23)13-3-1-4-16(11-13)25-12-17-5-2-10-24-17/h1,3-4,6-9,11,17,19H,2,5,10,12H2,(H,22,23). The SMILES string of the molecule is O=C(Nc1ccc(OC(F)F)cc1)c1cccc(OCC2CCCO2)c1. The molecule has 1 unspecified atom stereocenters. The van der Waals surface area contributed by atoms with E-state index in [1.54, 1.807) is 24.3 Å². The highest BCUT2D eigenvalue weighted by Crippen LogP contribution is 2.20. The molecule has 0 aliphatic carbocycles. The van der Waals surface area contributed by atoms with E-state index in [0.29, 0.717) is 23.6 Å². The highest BCUT2D eigenvalue weighted by Gasteiger charge is 2.16. The van der Waals surface area contributed by atoms with Crippen molar-refractivity contribution in [3.05, 3.63) is 54.1 Å². The number of amides is 1. The Hall–Kier alpha value is -2.67. The van der Waals surface area contributed by atoms with E-state index >= 15 is 0 Å². The quantitative estimate of drug-likeness (QED) is 0.805. The van der Waals surface area contributed by atoms with Gasteiger partial charge in [0.25, 0.3) is 5.91 Å². The summed E-state index contributed by atoms with van der Waals surface area (Å²) in [5.41, 5.74) is 0.907. The summed E-state index contributed by atoms with van der Waals surface area (Å²) in [5.74, 6) is 0.298. The van der Waals surface area contributed by atoms with Gasteiger partial charge in [-0.25, -0.2) is 0 Å². The molecule has 0 spiro atoms. The number of hydrogen-bond donors (Lipinski definition) is 1. The van der Waals surface area contributed by atoms with Crippen LogP contribution in [0.3, 0.4) is 0 Å². The van der Waals surface area contributed by atoms with Gasteiger partial charge in [-0.05, 0) is 55.3 Å². The molecule has 0 saturated carbocycles. The van der Waals surface area contributed by atoms with Gasteiger partial charge < -0.3 is 19.5 Å². The lowest BCUT2D eigenvalue weighted by Gasteiger charge is -2.12. The lowest BCUT2D eigenvalue weighted by Crippen LogP contribution is -2.17. The number of carbonyl (C=O) groups is 1. The number of carbonyl (C=O) groups excluding carboxylic acids is 1. The molecule has 3 rings (SSSR count). The van der Waals surface area contributed by atoms with Crippen molar-refractivity contribution in [3.63, 3.8) is 0 Å². The average Bonchev–Trinajstić information content (AvgIpc) is 3.15. The van der Waals surface area contributed by atoms with Gasteiger partial charge in [0.15, 0.2) is 0 Å². The molecule has 1 aliphatic rings. The van der Waals surface area contributed by atoms with Crippen molar-refractivity contribution < 1.29 is 27.8 Å². The van der Waals surface area contributed by atoms with Gasteiger partial charge in [0.2, 0.25) is 0 Å². The molecule has 5 nitrogen and oxygen atoms in total. The zero-order valence-electron chi connectivity index (χ0n) is 14.0. The summed E-state index contributed by atoms with van der Waals surface area (Å²) >= 11 is 0. The molecule has 1 saturated heterocycles. The van der Waals surface area contributed by atoms with E-state index in [-0.39, 0.29) is 17.8 Å². The van der Waals surface area contributed by atoms with Crippen LogP contribution in [0.5, 0.6) is 11.5 Å². The zero-order valence-corrected chi connectivity index (χ0v) is 14.0. The van der Waals surface area contributed by atoms with E-state index in [1.165, 1.54) is 24.3 Å². The van der Waals surface area contributed by atoms with E-state index in [0.717, 1.165) is 19.4 Å². The van der Waals surface area contributed by atoms with Crippen LogP contribution in [0, 0.1) is 0 Å². The molecule has 1 heterocycles. The fourth-order valence-electron chi connectivity index (χ4n) is 2.62. The minimum atomic E-state index is -2.88. The first kappa shape index (κ1) is 18.1. The number of rotatable bonds is 7. The normalized spacial score (nSPS) is 16.5. The molecule has 1 aliphatic heterocycles. The summed E-state index contributed by atoms with van der Waals surface area (Å²) in [6.07, 6.45) is 2.12. The summed E-state index contributed by atoms with van der Waals surface area (Å²) in [6.45, 7) is -1.67. The second-order valence-electron chi connectivity index (χ2n) is 5.83. The Morgan fingerprint density at radius 3 is 2.69 bits per heavy atom. The van der Waals surface area contributed by atoms with Crippen LogP contribution in [0.2, 0.25) is 0 Å². The molecule has 26 heavy (non-hydrogen) atoms. The maximum atomic E-state index is 12.3. The van der Waals surface area contributed by atoms with Crippen molar-refractivity contribution in [2.24, 2.45) is 0 Å². The van der Waals surface area contributed by atoms with Crippen molar-refractivity contribution in [1.82, 2.24) is 0 Å². The molecule has 0 aromatic heterocycles. The predicted molar refractivity (Wildman–Crippen MR) is 91.9 cm³/mol. The molecule has 0 radical (unpaired) electrons. The Balaban J connectivity index is 1.57. The number of hydrogen-bond acceptors (Lipinski definition) is 4. The third-order valence-corrected chi connectivity index (χ3v) is 3.89. The van der Waals surface area contributed by atoms with Crippen molar-refractivity contribution in [2.45, 2.75) is 25.6 Å². The van der Waals surface area contributed by atoms with Crippen LogP contribution < -0.4 is 14.8 Å². The molecule has 1 fully saturated rings. The van der Waals surface area contributed by atoms with E-state index in [9.17, 15) is 13.6 Å². The fourth-order valence-corrected chi connectivity index (χ4v) is 2.62. The van der Waals surface area contributed by atoms with Gasteiger partial charge in [0.1, 0.15) is 18.1 Å². The first-order valence-electron chi connectivity index (χ1n) is 8.31. The Morgan fingerprint density at radius 1 is 1.19 bits per heavy atom. The second kappa shape index (κ2) is 8.62. The zero-order chi connectivity index (χ0) is 18.4. The Kier molecular flexibility index (Phi) is 6.01. The number of nitrogens with one attached hydrogen (secondary N) is 1. The van der Waals surface area contributed by atoms with Gasteiger partial charge in [0, 0.05) is 17.9 Å². The number of anilines is 1. The molecule has 2 aromatic carbocycles. The number of halogens is 2. The van der Waals surface area contributed by atoms with E-state index in [1.807, 2.05) is 0 Å². The van der Waals surface area contributed by atoms with Gasteiger partial charge >= 0.3 is 6.61 Å². The minimum absolute atomic E-state index is 0.0301. The van der Waals surface area contributed by atoms with Crippen LogP contribution in [-0.2, 0) is 4.74 Å². The molecule has 138 valence electrons. The predicted octanol–water partition coefficient (Wildman–Crippen LogP) is 4.10. The molecule has 1 N–H and O–H groups in total. The summed E-state index contributed by atoms with van der Waals surface area (Å²) < 4.78 is 39.7. The van der Waals surface area contributed by atoms with Crippen molar-refractivity contribution in [3.8, 4) is 11.5 Å². The molecule has 7 heteroatoms. The highest BCUT2D eigenvalue weighted by molar-refractivity contribution is 6.04. The topological polar surface area (TPSA) is 56.8 Å². The Bertz CT molecular complexity index is 731. The van der Waals surface area contributed by atoms with E-state index in [4.69, 9.17) is 9.47 Å². The lowest BCUT2D eigenvalue weighted by atomic mass is 10.2. The molecule has 1 atom stereocenters. The summed E-state index contributed by atoms with van der Waals surface area (Å²) in [6, 6.07) is 12.6. The second-order valence-corrected chi connectivity index (χ2v) is 5.83. The lowest BCUT2D eigenvalue weighted by molar-refractivity contribution is -0.0498. The molecular formula is C19H19F2NO4. The fraction of sp³-hybridized carbons (Fsp3) is 0.316. The van der Waals surface area contributed by atoms with Gasteiger partial charge in [-0.2, -0.15) is 8.78 Å². The smallest absolute Gasteiger partial charge is 0.387 e. The molecule has 2 aromatic rings. The minimum Gasteiger partial charge on any atom is -0.491 e. The van der Waals surface area contributed by atoms with Crippen molar-refractivity contribution in [2.75, 3.05) is 18.5 Å². The molecule has 1 amide bonds. The van der Waals surface area contributed by atoms with E-state index < -0.39 is 6.61 Å². The van der Waals surface area contributed by atoms with Gasteiger partial charge in [0.05, 0.1) is 6.10 Å². The van der Waals surface area contributed by atoms with Crippen molar-refractivity contribution >= 4 is 11.6 Å². The average molecular weight is 363 g/mol. The third kappa shape index (κ3) is 5.16. The van der Waals surface area contributed by atoms with Crippen LogP contribution in [0.1, 0.15) is 23.2 Å². The molecular weight excluding hydrogens is 344 g/mol. The van der Waals surface area contributed by atoms with Gasteiger partial charge in [-0.3, -0.25) is 4.79 Å². The van der Waals surface area contributed by atoms with E-state index in [2.05, 4.69) is 10.1 Å². The van der Waals surface area contributed by atoms with Gasteiger partial charge in [-0.1, -0.05) is 6.07 Å². The van der Waals surface area contributed by atoms with Crippen LogP contribution >= 0.6 is 0 Å².